The molecular weight excluding hydrogens is 399 g/mol. The van der Waals surface area contributed by atoms with Crippen molar-refractivity contribution in [2.45, 2.75) is 58.1 Å². The molecule has 8 heteroatoms. The molecule has 1 aromatic carbocycles. The van der Waals surface area contributed by atoms with E-state index >= 15 is 0 Å². The van der Waals surface area contributed by atoms with Crippen molar-refractivity contribution >= 4 is 11.6 Å². The molecule has 0 saturated heterocycles. The number of carbonyl (C=O) groups excluding carboxylic acids is 1. The van der Waals surface area contributed by atoms with Crippen LogP contribution >= 0.6 is 0 Å². The minimum atomic E-state index is -0.445. The minimum absolute atomic E-state index is 0.0938. The summed E-state index contributed by atoms with van der Waals surface area (Å²) in [5, 5.41) is 7.08. The van der Waals surface area contributed by atoms with Crippen LogP contribution in [0.2, 0.25) is 0 Å². The standard InChI is InChI=1S/C23H27FN4O3/c1-14-26-18(19-12-21(31-28-19)16-6-4-3-5-7-16)11-20(27-14)23(29)25-13-15-8-9-17(24)22(10-15)30-2/h8-11,16,21H,3-7,12-13H2,1-2H3,(H,25,29). The van der Waals surface area contributed by atoms with Crippen molar-refractivity contribution < 1.29 is 18.8 Å². The van der Waals surface area contributed by atoms with E-state index in [1.807, 2.05) is 0 Å². The number of carbonyl (C=O) groups is 1. The first kappa shape index (κ1) is 21.2. The highest BCUT2D eigenvalue weighted by molar-refractivity contribution is 6.01. The van der Waals surface area contributed by atoms with E-state index in [4.69, 9.17) is 9.57 Å². The zero-order valence-electron chi connectivity index (χ0n) is 17.9. The van der Waals surface area contributed by atoms with Gasteiger partial charge < -0.3 is 14.9 Å². The maximum Gasteiger partial charge on any atom is 0.270 e. The molecule has 7 nitrogen and oxygen atoms in total. The summed E-state index contributed by atoms with van der Waals surface area (Å²) in [7, 11) is 1.40. The van der Waals surface area contributed by atoms with Crippen molar-refractivity contribution in [3.05, 3.63) is 52.9 Å². The lowest BCUT2D eigenvalue weighted by molar-refractivity contribution is 0.0268. The third-order valence-corrected chi connectivity index (χ3v) is 5.90. The monoisotopic (exact) mass is 426 g/mol. The fraction of sp³-hybridized carbons (Fsp3) is 0.478. The summed E-state index contributed by atoms with van der Waals surface area (Å²) in [6.07, 6.45) is 6.95. The number of rotatable bonds is 6. The molecule has 0 radical (unpaired) electrons. The Morgan fingerprint density at radius 2 is 2.03 bits per heavy atom. The van der Waals surface area contributed by atoms with E-state index in [1.165, 1.54) is 45.3 Å². The van der Waals surface area contributed by atoms with E-state index in [1.54, 1.807) is 25.1 Å². The molecule has 1 aliphatic heterocycles. The molecule has 164 valence electrons. The van der Waals surface area contributed by atoms with E-state index < -0.39 is 5.82 Å². The molecule has 31 heavy (non-hydrogen) atoms. The third kappa shape index (κ3) is 5.00. The molecule has 1 N–H and O–H groups in total. The van der Waals surface area contributed by atoms with Gasteiger partial charge in [-0.15, -0.1) is 0 Å². The van der Waals surface area contributed by atoms with Crippen molar-refractivity contribution in [3.63, 3.8) is 0 Å². The number of amides is 1. The summed E-state index contributed by atoms with van der Waals surface area (Å²) >= 11 is 0. The normalized spacial score (nSPS) is 18.9. The SMILES string of the molecule is COc1cc(CNC(=O)c2cc(C3=NOC(C4CCCCC4)C3)nc(C)n2)ccc1F. The topological polar surface area (TPSA) is 85.7 Å². The Morgan fingerprint density at radius 1 is 1.23 bits per heavy atom. The molecule has 1 atom stereocenters. The summed E-state index contributed by atoms with van der Waals surface area (Å²) in [6, 6.07) is 6.13. The average Bonchev–Trinajstić information content (AvgIpc) is 3.29. The Labute approximate surface area is 181 Å². The van der Waals surface area contributed by atoms with Crippen molar-refractivity contribution in [2.24, 2.45) is 11.1 Å². The first-order chi connectivity index (χ1) is 15.0. The van der Waals surface area contributed by atoms with Crippen LogP contribution in [0.25, 0.3) is 0 Å². The second-order valence-electron chi connectivity index (χ2n) is 8.12. The molecule has 1 saturated carbocycles. The molecule has 0 bridgehead atoms. The van der Waals surface area contributed by atoms with Gasteiger partial charge in [0.25, 0.3) is 5.91 Å². The van der Waals surface area contributed by atoms with Crippen LogP contribution < -0.4 is 10.1 Å². The Hall–Kier alpha value is -3.03. The molecule has 1 unspecified atom stereocenters. The third-order valence-electron chi connectivity index (χ3n) is 5.90. The van der Waals surface area contributed by atoms with Gasteiger partial charge in [0.2, 0.25) is 0 Å². The number of aromatic nitrogens is 2. The number of hydrogen-bond donors (Lipinski definition) is 1. The maximum atomic E-state index is 13.6. The highest BCUT2D eigenvalue weighted by atomic mass is 19.1. The average molecular weight is 426 g/mol. The second kappa shape index (κ2) is 9.41. The van der Waals surface area contributed by atoms with Crippen LogP contribution in [0.4, 0.5) is 4.39 Å². The number of benzene rings is 1. The van der Waals surface area contributed by atoms with E-state index in [0.29, 0.717) is 23.9 Å². The largest absolute Gasteiger partial charge is 0.494 e. The number of methoxy groups -OCH3 is 1. The van der Waals surface area contributed by atoms with Gasteiger partial charge in [0, 0.05) is 13.0 Å². The Bertz CT molecular complexity index is 989. The molecule has 2 aromatic rings. The molecule has 1 amide bonds. The number of oxime groups is 1. The van der Waals surface area contributed by atoms with Gasteiger partial charge in [-0.25, -0.2) is 14.4 Å². The van der Waals surface area contributed by atoms with Crippen LogP contribution in [-0.2, 0) is 11.4 Å². The van der Waals surface area contributed by atoms with Crippen LogP contribution in [0.3, 0.4) is 0 Å². The molecule has 1 aliphatic carbocycles. The number of ether oxygens (including phenoxy) is 1. The van der Waals surface area contributed by atoms with Gasteiger partial charge in [-0.3, -0.25) is 4.79 Å². The summed E-state index contributed by atoms with van der Waals surface area (Å²) in [5.41, 5.74) is 2.37. The minimum Gasteiger partial charge on any atom is -0.494 e. The van der Waals surface area contributed by atoms with Gasteiger partial charge in [-0.1, -0.05) is 30.5 Å². The molecule has 2 heterocycles. The number of nitrogens with one attached hydrogen (secondary N) is 1. The first-order valence-corrected chi connectivity index (χ1v) is 10.7. The van der Waals surface area contributed by atoms with Crippen LogP contribution in [0.5, 0.6) is 5.75 Å². The fourth-order valence-corrected chi connectivity index (χ4v) is 4.23. The second-order valence-corrected chi connectivity index (χ2v) is 8.12. The molecule has 0 spiro atoms. The zero-order chi connectivity index (χ0) is 21.8. The van der Waals surface area contributed by atoms with Crippen molar-refractivity contribution in [1.82, 2.24) is 15.3 Å². The summed E-state index contributed by atoms with van der Waals surface area (Å²) in [5.74, 6) is 0.389. The smallest absolute Gasteiger partial charge is 0.270 e. The van der Waals surface area contributed by atoms with Crippen molar-refractivity contribution in [2.75, 3.05) is 7.11 Å². The van der Waals surface area contributed by atoms with Gasteiger partial charge in [0.1, 0.15) is 23.3 Å². The predicted octanol–water partition coefficient (Wildman–Crippen LogP) is 3.94. The first-order valence-electron chi connectivity index (χ1n) is 10.7. The quantitative estimate of drug-likeness (QED) is 0.756. The Balaban J connectivity index is 1.42. The molecule has 4 rings (SSSR count). The van der Waals surface area contributed by atoms with Crippen LogP contribution in [0, 0.1) is 18.7 Å². The molecular formula is C23H27FN4O3. The highest BCUT2D eigenvalue weighted by Gasteiger charge is 2.32. The Kier molecular flexibility index (Phi) is 6.44. The van der Waals surface area contributed by atoms with E-state index in [9.17, 15) is 9.18 Å². The van der Waals surface area contributed by atoms with Crippen LogP contribution in [-0.4, -0.2) is 34.8 Å². The highest BCUT2D eigenvalue weighted by Crippen LogP contribution is 2.32. The molecule has 1 fully saturated rings. The van der Waals surface area contributed by atoms with Crippen LogP contribution in [0.15, 0.2) is 29.4 Å². The molecule has 1 aromatic heterocycles. The summed E-state index contributed by atoms with van der Waals surface area (Å²) in [4.78, 5) is 27.2. The maximum absolute atomic E-state index is 13.6. The lowest BCUT2D eigenvalue weighted by atomic mass is 9.83. The van der Waals surface area contributed by atoms with Gasteiger partial charge in [0.15, 0.2) is 11.6 Å². The van der Waals surface area contributed by atoms with Crippen LogP contribution in [0.1, 0.15) is 66.1 Å². The number of nitrogens with zero attached hydrogens (tertiary/aromatic N) is 3. The lowest BCUT2D eigenvalue weighted by Crippen LogP contribution is -2.25. The van der Waals surface area contributed by atoms with Crippen molar-refractivity contribution in [1.29, 1.82) is 0 Å². The number of hydrogen-bond acceptors (Lipinski definition) is 6. The van der Waals surface area contributed by atoms with Gasteiger partial charge in [-0.05, 0) is 49.4 Å². The van der Waals surface area contributed by atoms with Gasteiger partial charge in [-0.2, -0.15) is 0 Å². The lowest BCUT2D eigenvalue weighted by Gasteiger charge is -2.25. The van der Waals surface area contributed by atoms with E-state index in [-0.39, 0.29) is 30.0 Å². The molecule has 2 aliphatic rings. The number of halogens is 1. The van der Waals surface area contributed by atoms with Crippen molar-refractivity contribution in [3.8, 4) is 5.75 Å². The van der Waals surface area contributed by atoms with E-state index in [2.05, 4.69) is 20.4 Å². The number of aryl methyl sites for hydroxylation is 1. The Morgan fingerprint density at radius 3 is 2.81 bits per heavy atom. The van der Waals surface area contributed by atoms with Gasteiger partial charge >= 0.3 is 0 Å². The van der Waals surface area contributed by atoms with Gasteiger partial charge in [0.05, 0.1) is 12.8 Å². The summed E-state index contributed by atoms with van der Waals surface area (Å²) < 4.78 is 18.6. The van der Waals surface area contributed by atoms with E-state index in [0.717, 1.165) is 11.3 Å². The fourth-order valence-electron chi connectivity index (χ4n) is 4.23. The summed E-state index contributed by atoms with van der Waals surface area (Å²) in [6.45, 7) is 1.97. The zero-order valence-corrected chi connectivity index (χ0v) is 17.9. The predicted molar refractivity (Wildman–Crippen MR) is 113 cm³/mol.